The highest BCUT2D eigenvalue weighted by atomic mass is 35.5. The van der Waals surface area contributed by atoms with E-state index in [0.717, 1.165) is 39.9 Å². The number of hydrogen-bond donors (Lipinski definition) is 2. The summed E-state index contributed by atoms with van der Waals surface area (Å²) in [5.74, 6) is 0.471. The third-order valence-corrected chi connectivity index (χ3v) is 5.68. The van der Waals surface area contributed by atoms with Crippen LogP contribution < -0.4 is 5.32 Å². The molecular formula is C23H23ClN2O. The molecule has 0 spiro atoms. The van der Waals surface area contributed by atoms with E-state index in [1.54, 1.807) is 0 Å². The van der Waals surface area contributed by atoms with Gasteiger partial charge in [-0.15, -0.1) is 0 Å². The fourth-order valence-electron chi connectivity index (χ4n) is 3.92. The Bertz CT molecular complexity index is 975. The van der Waals surface area contributed by atoms with Crippen LogP contribution >= 0.6 is 11.6 Å². The van der Waals surface area contributed by atoms with Gasteiger partial charge in [-0.1, -0.05) is 60.2 Å². The van der Waals surface area contributed by atoms with Crippen LogP contribution in [0.2, 0.25) is 5.02 Å². The standard InChI is InChI=1S/C23H23ClN2O/c24-21-11-5-3-9-17(21)19(15-26-23(27)13-16-7-1-2-8-16)20-14-25-22-12-6-4-10-18(20)22/h1,3-7,9-12,14,16,19,25H,2,8,13,15H2,(H,26,27). The lowest BCUT2D eigenvalue weighted by atomic mass is 9.90. The Labute approximate surface area is 164 Å². The molecule has 4 rings (SSSR count). The Kier molecular flexibility index (Phi) is 5.30. The van der Waals surface area contributed by atoms with E-state index >= 15 is 0 Å². The molecule has 3 nitrogen and oxygen atoms in total. The number of rotatable bonds is 6. The molecular weight excluding hydrogens is 356 g/mol. The van der Waals surface area contributed by atoms with Crippen LogP contribution in [0.25, 0.3) is 10.9 Å². The van der Waals surface area contributed by atoms with Gasteiger partial charge in [0, 0.05) is 41.0 Å². The van der Waals surface area contributed by atoms with Gasteiger partial charge in [0.05, 0.1) is 0 Å². The molecule has 1 aliphatic carbocycles. The molecule has 2 unspecified atom stereocenters. The molecule has 2 aromatic carbocycles. The first-order valence-corrected chi connectivity index (χ1v) is 9.84. The van der Waals surface area contributed by atoms with Crippen molar-refractivity contribution in [2.45, 2.75) is 25.2 Å². The number of carbonyl (C=O) groups excluding carboxylic acids is 1. The zero-order valence-electron chi connectivity index (χ0n) is 15.1. The number of benzene rings is 2. The van der Waals surface area contributed by atoms with Crippen LogP contribution in [-0.4, -0.2) is 17.4 Å². The molecule has 1 heterocycles. The van der Waals surface area contributed by atoms with Crippen molar-refractivity contribution < 1.29 is 4.79 Å². The van der Waals surface area contributed by atoms with Crippen molar-refractivity contribution in [3.8, 4) is 0 Å². The first kappa shape index (κ1) is 17.9. The molecule has 0 saturated heterocycles. The van der Waals surface area contributed by atoms with E-state index in [1.165, 1.54) is 0 Å². The summed E-state index contributed by atoms with van der Waals surface area (Å²) in [7, 11) is 0. The maximum atomic E-state index is 12.5. The average molecular weight is 379 g/mol. The predicted molar refractivity (Wildman–Crippen MR) is 111 cm³/mol. The molecule has 1 aliphatic rings. The summed E-state index contributed by atoms with van der Waals surface area (Å²) in [4.78, 5) is 15.8. The molecule has 4 heteroatoms. The maximum absolute atomic E-state index is 12.5. The molecule has 2 N–H and O–H groups in total. The van der Waals surface area contributed by atoms with Crippen molar-refractivity contribution in [3.05, 3.63) is 83.0 Å². The zero-order chi connectivity index (χ0) is 18.6. The summed E-state index contributed by atoms with van der Waals surface area (Å²) in [5, 5.41) is 5.03. The second-order valence-corrected chi connectivity index (χ2v) is 7.54. The minimum absolute atomic E-state index is 0.00193. The van der Waals surface area contributed by atoms with E-state index in [9.17, 15) is 4.79 Å². The number of aromatic nitrogens is 1. The topological polar surface area (TPSA) is 44.9 Å². The highest BCUT2D eigenvalue weighted by Crippen LogP contribution is 2.34. The lowest BCUT2D eigenvalue weighted by Gasteiger charge is -2.20. The molecule has 138 valence electrons. The first-order chi connectivity index (χ1) is 13.2. The molecule has 27 heavy (non-hydrogen) atoms. The van der Waals surface area contributed by atoms with Gasteiger partial charge in [0.1, 0.15) is 0 Å². The first-order valence-electron chi connectivity index (χ1n) is 9.46. The van der Waals surface area contributed by atoms with Crippen LogP contribution in [0, 0.1) is 5.92 Å². The van der Waals surface area contributed by atoms with Gasteiger partial charge in [0.2, 0.25) is 5.91 Å². The van der Waals surface area contributed by atoms with Gasteiger partial charge >= 0.3 is 0 Å². The summed E-state index contributed by atoms with van der Waals surface area (Å²) in [6, 6.07) is 16.1. The predicted octanol–water partition coefficient (Wildman–Crippen LogP) is 5.43. The van der Waals surface area contributed by atoms with Crippen molar-refractivity contribution in [1.29, 1.82) is 0 Å². The number of H-pyrrole nitrogens is 1. The van der Waals surface area contributed by atoms with Gasteiger partial charge in [-0.2, -0.15) is 0 Å². The highest BCUT2D eigenvalue weighted by molar-refractivity contribution is 6.31. The van der Waals surface area contributed by atoms with E-state index in [2.05, 4.69) is 34.6 Å². The molecule has 0 saturated carbocycles. The summed E-state index contributed by atoms with van der Waals surface area (Å²) < 4.78 is 0. The van der Waals surface area contributed by atoms with E-state index in [0.29, 0.717) is 18.9 Å². The van der Waals surface area contributed by atoms with E-state index in [-0.39, 0.29) is 11.8 Å². The monoisotopic (exact) mass is 378 g/mol. The van der Waals surface area contributed by atoms with Crippen LogP contribution in [0.4, 0.5) is 0 Å². The number of fused-ring (bicyclic) bond motifs is 1. The van der Waals surface area contributed by atoms with Crippen molar-refractivity contribution >= 4 is 28.4 Å². The third-order valence-electron chi connectivity index (χ3n) is 5.34. The minimum Gasteiger partial charge on any atom is -0.361 e. The molecule has 2 atom stereocenters. The molecule has 3 aromatic rings. The third kappa shape index (κ3) is 3.93. The number of hydrogen-bond acceptors (Lipinski definition) is 1. The second kappa shape index (κ2) is 8.01. The molecule has 0 radical (unpaired) electrons. The van der Waals surface area contributed by atoms with Crippen molar-refractivity contribution in [3.63, 3.8) is 0 Å². The van der Waals surface area contributed by atoms with Crippen LogP contribution in [0.15, 0.2) is 66.9 Å². The maximum Gasteiger partial charge on any atom is 0.220 e. The van der Waals surface area contributed by atoms with Crippen molar-refractivity contribution in [2.75, 3.05) is 6.54 Å². The van der Waals surface area contributed by atoms with Gasteiger partial charge in [-0.25, -0.2) is 0 Å². The number of amides is 1. The fourth-order valence-corrected chi connectivity index (χ4v) is 4.19. The van der Waals surface area contributed by atoms with E-state index in [4.69, 9.17) is 11.6 Å². The lowest BCUT2D eigenvalue weighted by molar-refractivity contribution is -0.121. The van der Waals surface area contributed by atoms with Gasteiger partial charge in [0.15, 0.2) is 0 Å². The lowest BCUT2D eigenvalue weighted by Crippen LogP contribution is -2.30. The molecule has 0 bridgehead atoms. The normalized spacial score (nSPS) is 17.3. The number of para-hydroxylation sites is 1. The Hall–Kier alpha value is -2.52. The SMILES string of the molecule is O=C(CC1C=CCC1)NCC(c1ccccc1Cl)c1c[nH]c2ccccc12. The fraction of sp³-hybridized carbons (Fsp3) is 0.261. The Morgan fingerprint density at radius 2 is 1.96 bits per heavy atom. The number of allylic oxidation sites excluding steroid dienone is 2. The number of halogens is 1. The number of aromatic amines is 1. The second-order valence-electron chi connectivity index (χ2n) is 7.14. The number of nitrogens with one attached hydrogen (secondary N) is 2. The van der Waals surface area contributed by atoms with E-state index in [1.807, 2.05) is 42.6 Å². The molecule has 1 amide bonds. The molecule has 0 aliphatic heterocycles. The van der Waals surface area contributed by atoms with Crippen LogP contribution in [0.3, 0.4) is 0 Å². The Morgan fingerprint density at radius 3 is 2.78 bits per heavy atom. The Balaban J connectivity index is 1.60. The highest BCUT2D eigenvalue weighted by Gasteiger charge is 2.22. The van der Waals surface area contributed by atoms with Crippen molar-refractivity contribution in [2.24, 2.45) is 5.92 Å². The Morgan fingerprint density at radius 1 is 1.15 bits per heavy atom. The summed E-state index contributed by atoms with van der Waals surface area (Å²) in [5.41, 5.74) is 3.27. The van der Waals surface area contributed by atoms with Gasteiger partial charge < -0.3 is 10.3 Å². The summed E-state index contributed by atoms with van der Waals surface area (Å²) >= 11 is 6.51. The van der Waals surface area contributed by atoms with Gasteiger partial charge in [0.25, 0.3) is 0 Å². The largest absolute Gasteiger partial charge is 0.361 e. The van der Waals surface area contributed by atoms with Crippen LogP contribution in [0.1, 0.15) is 36.3 Å². The van der Waals surface area contributed by atoms with Crippen LogP contribution in [0.5, 0.6) is 0 Å². The molecule has 1 aromatic heterocycles. The van der Waals surface area contributed by atoms with Crippen LogP contribution in [-0.2, 0) is 4.79 Å². The number of carbonyl (C=O) groups is 1. The summed E-state index contributed by atoms with van der Waals surface area (Å²) in [6.07, 6.45) is 9.06. The average Bonchev–Trinajstić information content (AvgIpc) is 3.33. The zero-order valence-corrected chi connectivity index (χ0v) is 15.9. The van der Waals surface area contributed by atoms with Crippen molar-refractivity contribution in [1.82, 2.24) is 10.3 Å². The summed E-state index contributed by atoms with van der Waals surface area (Å²) in [6.45, 7) is 0.529. The minimum atomic E-state index is -0.00193. The van der Waals surface area contributed by atoms with Gasteiger partial charge in [-0.3, -0.25) is 4.79 Å². The quantitative estimate of drug-likeness (QED) is 0.552. The molecule has 0 fully saturated rings. The van der Waals surface area contributed by atoms with E-state index < -0.39 is 0 Å². The van der Waals surface area contributed by atoms with Gasteiger partial charge in [-0.05, 0) is 42.0 Å². The smallest absolute Gasteiger partial charge is 0.220 e.